The highest BCUT2D eigenvalue weighted by molar-refractivity contribution is 9.10. The highest BCUT2D eigenvalue weighted by Gasteiger charge is 2.19. The molecule has 0 atom stereocenters. The van der Waals surface area contributed by atoms with Crippen LogP contribution in [-0.4, -0.2) is 11.9 Å². The number of halogens is 2. The summed E-state index contributed by atoms with van der Waals surface area (Å²) in [5.74, 6) is -1.34. The van der Waals surface area contributed by atoms with Crippen molar-refractivity contribution in [2.24, 2.45) is 0 Å². The molecule has 0 bridgehead atoms. The largest absolute Gasteiger partial charge is 0.386 e. The fraction of sp³-hybridized carbons (Fsp3) is 0. The Labute approximate surface area is 172 Å². The van der Waals surface area contributed by atoms with Gasteiger partial charge in [-0.05, 0) is 57.9 Å². The van der Waals surface area contributed by atoms with Crippen molar-refractivity contribution in [1.82, 2.24) is 0 Å². The van der Waals surface area contributed by atoms with Gasteiger partial charge >= 0.3 is 11.9 Å². The van der Waals surface area contributed by atoms with Gasteiger partial charge in [0, 0.05) is 8.95 Å². The number of benzene rings is 4. The first-order chi connectivity index (χ1) is 13.0. The van der Waals surface area contributed by atoms with Crippen LogP contribution in [0.4, 0.5) is 0 Å². The van der Waals surface area contributed by atoms with E-state index in [9.17, 15) is 9.59 Å². The topological polar surface area (TPSA) is 43.4 Å². The minimum atomic E-state index is -0.671. The maximum Gasteiger partial charge on any atom is 0.346 e. The van der Waals surface area contributed by atoms with Crippen LogP contribution in [0.15, 0.2) is 81.7 Å². The monoisotopic (exact) mass is 482 g/mol. The Morgan fingerprint density at radius 2 is 1.07 bits per heavy atom. The Hall–Kier alpha value is -2.50. The standard InChI is InChI=1S/C22H12Br2O3/c23-15-9-7-13-3-1-5-17(19(13)11-15)21(25)27-22(26)18-6-2-4-14-8-10-16(24)12-20(14)18/h1-12H. The summed E-state index contributed by atoms with van der Waals surface area (Å²) in [6.07, 6.45) is 0. The summed E-state index contributed by atoms with van der Waals surface area (Å²) in [5, 5.41) is 3.25. The van der Waals surface area contributed by atoms with Crippen LogP contribution in [0.1, 0.15) is 20.7 Å². The van der Waals surface area contributed by atoms with Crippen LogP contribution in [-0.2, 0) is 4.74 Å². The molecule has 3 nitrogen and oxygen atoms in total. The Balaban J connectivity index is 1.71. The van der Waals surface area contributed by atoms with Gasteiger partial charge in [0.25, 0.3) is 0 Å². The smallest absolute Gasteiger partial charge is 0.346 e. The van der Waals surface area contributed by atoms with E-state index in [4.69, 9.17) is 4.74 Å². The Morgan fingerprint density at radius 3 is 1.52 bits per heavy atom. The maximum absolute atomic E-state index is 12.7. The molecular formula is C22H12Br2O3. The van der Waals surface area contributed by atoms with Gasteiger partial charge in [0.15, 0.2) is 0 Å². The fourth-order valence-electron chi connectivity index (χ4n) is 3.04. The normalized spacial score (nSPS) is 10.9. The molecule has 0 amide bonds. The first-order valence-corrected chi connectivity index (χ1v) is 9.74. The number of fused-ring (bicyclic) bond motifs is 2. The van der Waals surface area contributed by atoms with Crippen LogP contribution in [0.5, 0.6) is 0 Å². The Morgan fingerprint density at radius 1 is 0.630 bits per heavy atom. The second kappa shape index (κ2) is 7.25. The molecule has 27 heavy (non-hydrogen) atoms. The van der Waals surface area contributed by atoms with Crippen molar-refractivity contribution in [3.63, 3.8) is 0 Å². The molecule has 0 N–H and O–H groups in total. The van der Waals surface area contributed by atoms with Crippen molar-refractivity contribution in [2.75, 3.05) is 0 Å². The maximum atomic E-state index is 12.7. The predicted octanol–water partition coefficient (Wildman–Crippen LogP) is 6.52. The van der Waals surface area contributed by atoms with Gasteiger partial charge in [-0.3, -0.25) is 0 Å². The quantitative estimate of drug-likeness (QED) is 0.241. The molecule has 0 spiro atoms. The third-order valence-electron chi connectivity index (χ3n) is 4.31. The highest BCUT2D eigenvalue weighted by Crippen LogP contribution is 2.26. The average Bonchev–Trinajstić information content (AvgIpc) is 2.66. The van der Waals surface area contributed by atoms with Gasteiger partial charge in [0.2, 0.25) is 0 Å². The van der Waals surface area contributed by atoms with E-state index >= 15 is 0 Å². The molecule has 4 aromatic carbocycles. The second-order valence-electron chi connectivity index (χ2n) is 6.02. The molecular weight excluding hydrogens is 472 g/mol. The molecule has 132 valence electrons. The SMILES string of the molecule is O=C(OC(=O)c1cccc2ccc(Br)cc12)c1cccc2ccc(Br)cc12. The lowest BCUT2D eigenvalue weighted by atomic mass is 10.0. The lowest BCUT2D eigenvalue weighted by Gasteiger charge is -2.09. The third kappa shape index (κ3) is 3.53. The summed E-state index contributed by atoms with van der Waals surface area (Å²) in [4.78, 5) is 25.4. The zero-order valence-electron chi connectivity index (χ0n) is 13.9. The molecule has 0 saturated carbocycles. The molecule has 0 heterocycles. The molecule has 0 fully saturated rings. The number of carbonyl (C=O) groups excluding carboxylic acids is 2. The summed E-state index contributed by atoms with van der Waals surface area (Å²) in [5.41, 5.74) is 0.701. The Kier molecular flexibility index (Phi) is 4.81. The van der Waals surface area contributed by atoms with Gasteiger partial charge in [0.1, 0.15) is 0 Å². The van der Waals surface area contributed by atoms with E-state index in [0.717, 1.165) is 30.5 Å². The van der Waals surface area contributed by atoms with Crippen molar-refractivity contribution < 1.29 is 14.3 Å². The summed E-state index contributed by atoms with van der Waals surface area (Å²) >= 11 is 6.83. The lowest BCUT2D eigenvalue weighted by molar-refractivity contribution is 0.0400. The molecule has 4 aromatic rings. The molecule has 0 aromatic heterocycles. The van der Waals surface area contributed by atoms with Gasteiger partial charge in [-0.1, -0.05) is 68.3 Å². The average molecular weight is 484 g/mol. The summed E-state index contributed by atoms with van der Waals surface area (Å²) in [6.45, 7) is 0. The number of hydrogen-bond donors (Lipinski definition) is 0. The van der Waals surface area contributed by atoms with Gasteiger partial charge in [-0.15, -0.1) is 0 Å². The molecule has 0 unspecified atom stereocenters. The molecule has 0 radical (unpaired) electrons. The van der Waals surface area contributed by atoms with Crippen LogP contribution >= 0.6 is 31.9 Å². The third-order valence-corrected chi connectivity index (χ3v) is 5.30. The van der Waals surface area contributed by atoms with Crippen LogP contribution in [0.3, 0.4) is 0 Å². The van der Waals surface area contributed by atoms with Crippen LogP contribution in [0.25, 0.3) is 21.5 Å². The highest BCUT2D eigenvalue weighted by atomic mass is 79.9. The Bertz CT molecular complexity index is 1120. The van der Waals surface area contributed by atoms with Gasteiger partial charge in [-0.2, -0.15) is 0 Å². The molecule has 0 aliphatic heterocycles. The molecule has 5 heteroatoms. The van der Waals surface area contributed by atoms with Crippen molar-refractivity contribution in [1.29, 1.82) is 0 Å². The fourth-order valence-corrected chi connectivity index (χ4v) is 3.76. The van der Waals surface area contributed by atoms with Crippen molar-refractivity contribution >= 4 is 65.3 Å². The summed E-state index contributed by atoms with van der Waals surface area (Å²) in [6, 6.07) is 21.9. The molecule has 0 saturated heterocycles. The number of rotatable bonds is 2. The lowest BCUT2D eigenvalue weighted by Crippen LogP contribution is -2.13. The van der Waals surface area contributed by atoms with Crippen molar-refractivity contribution in [2.45, 2.75) is 0 Å². The van der Waals surface area contributed by atoms with E-state index in [1.165, 1.54) is 0 Å². The van der Waals surface area contributed by atoms with Crippen LogP contribution in [0.2, 0.25) is 0 Å². The molecule has 4 rings (SSSR count). The summed E-state index contributed by atoms with van der Waals surface area (Å²) < 4.78 is 6.91. The minimum Gasteiger partial charge on any atom is -0.386 e. The first-order valence-electron chi connectivity index (χ1n) is 8.16. The van der Waals surface area contributed by atoms with E-state index in [2.05, 4.69) is 31.9 Å². The summed E-state index contributed by atoms with van der Waals surface area (Å²) in [7, 11) is 0. The first kappa shape index (κ1) is 17.9. The zero-order chi connectivity index (χ0) is 19.0. The zero-order valence-corrected chi connectivity index (χ0v) is 17.1. The molecule has 0 aliphatic rings. The number of hydrogen-bond acceptors (Lipinski definition) is 3. The second-order valence-corrected chi connectivity index (χ2v) is 7.85. The number of ether oxygens (including phenoxy) is 1. The van der Waals surface area contributed by atoms with Gasteiger partial charge in [-0.25, -0.2) is 9.59 Å². The van der Waals surface area contributed by atoms with E-state index < -0.39 is 11.9 Å². The van der Waals surface area contributed by atoms with E-state index in [1.807, 2.05) is 48.5 Å². The van der Waals surface area contributed by atoms with E-state index in [1.54, 1.807) is 24.3 Å². The minimum absolute atomic E-state index is 0.351. The number of esters is 2. The van der Waals surface area contributed by atoms with Crippen molar-refractivity contribution in [3.8, 4) is 0 Å². The van der Waals surface area contributed by atoms with Crippen LogP contribution in [0, 0.1) is 0 Å². The van der Waals surface area contributed by atoms with E-state index in [0.29, 0.717) is 11.1 Å². The van der Waals surface area contributed by atoms with Gasteiger partial charge in [0.05, 0.1) is 11.1 Å². The van der Waals surface area contributed by atoms with E-state index in [-0.39, 0.29) is 0 Å². The number of carbonyl (C=O) groups is 2. The molecule has 0 aliphatic carbocycles. The van der Waals surface area contributed by atoms with Gasteiger partial charge < -0.3 is 4.74 Å². The van der Waals surface area contributed by atoms with Crippen LogP contribution < -0.4 is 0 Å². The van der Waals surface area contributed by atoms with Crippen molar-refractivity contribution in [3.05, 3.63) is 92.9 Å². The predicted molar refractivity (Wildman–Crippen MR) is 113 cm³/mol.